The molecule has 0 spiro atoms. The Balaban J connectivity index is 1.29. The number of carbonyl (C=O) groups is 1. The van der Waals surface area contributed by atoms with Crippen molar-refractivity contribution in [3.63, 3.8) is 0 Å². The summed E-state index contributed by atoms with van der Waals surface area (Å²) in [5, 5.41) is 0. The highest BCUT2D eigenvalue weighted by Crippen LogP contribution is 2.27. The average molecular weight is 438 g/mol. The van der Waals surface area contributed by atoms with E-state index in [0.29, 0.717) is 0 Å². The molecule has 0 atom stereocenters. The van der Waals surface area contributed by atoms with E-state index in [2.05, 4.69) is 52.4 Å². The molecule has 2 aliphatic heterocycles. The zero-order chi connectivity index (χ0) is 20.6. The molecule has 1 fully saturated rings. The molecule has 2 aromatic rings. The number of rotatable bonds is 6. The molecule has 156 valence electrons. The first-order valence-corrected chi connectivity index (χ1v) is 12.4. The largest absolute Gasteiger partial charge is 0.336 e. The van der Waals surface area contributed by atoms with Crippen molar-refractivity contribution in [3.05, 3.63) is 77.4 Å². The first kappa shape index (κ1) is 21.2. The van der Waals surface area contributed by atoms with Crippen LogP contribution in [0.5, 0.6) is 0 Å². The third-order valence-electron chi connectivity index (χ3n) is 5.29. The van der Waals surface area contributed by atoms with Crippen LogP contribution in [0.1, 0.15) is 21.5 Å². The molecule has 2 aromatic carbocycles. The summed E-state index contributed by atoms with van der Waals surface area (Å²) in [4.78, 5) is 22.1. The maximum Gasteiger partial charge on any atom is 0.254 e. The number of hydrogen-bond acceptors (Lipinski definition) is 5. The van der Waals surface area contributed by atoms with Crippen LogP contribution < -0.4 is 0 Å². The van der Waals surface area contributed by atoms with Crippen molar-refractivity contribution in [2.45, 2.75) is 5.75 Å². The van der Waals surface area contributed by atoms with Crippen molar-refractivity contribution in [1.29, 1.82) is 0 Å². The van der Waals surface area contributed by atoms with Gasteiger partial charge < -0.3 is 4.90 Å². The first-order chi connectivity index (χ1) is 14.8. The van der Waals surface area contributed by atoms with Gasteiger partial charge in [-0.15, -0.1) is 0 Å². The molecule has 1 saturated heterocycles. The monoisotopic (exact) mass is 437 g/mol. The van der Waals surface area contributed by atoms with Crippen molar-refractivity contribution in [3.8, 4) is 0 Å². The van der Waals surface area contributed by atoms with Gasteiger partial charge in [0.25, 0.3) is 5.91 Å². The minimum atomic E-state index is 0.159. The standard InChI is InChI=1S/C24H27N3OS2/c28-23(22-11-5-4-10-21(22)19-30-24-25-12-18-29-24)27-16-14-26(15-17-27)13-6-9-20-7-2-1-3-8-20/h1-11H,12-19H2/b9-6+. The van der Waals surface area contributed by atoms with Crippen LogP contribution in [0.3, 0.4) is 0 Å². The fourth-order valence-electron chi connectivity index (χ4n) is 3.60. The van der Waals surface area contributed by atoms with Gasteiger partial charge in [0.05, 0.1) is 6.54 Å². The molecule has 0 bridgehead atoms. The molecular formula is C24H27N3OS2. The molecule has 0 aliphatic carbocycles. The number of benzene rings is 2. The van der Waals surface area contributed by atoms with E-state index in [1.165, 1.54) is 5.56 Å². The average Bonchev–Trinajstić information content (AvgIpc) is 3.32. The van der Waals surface area contributed by atoms with E-state index in [1.807, 2.05) is 40.9 Å². The maximum absolute atomic E-state index is 13.2. The van der Waals surface area contributed by atoms with Crippen LogP contribution in [0.25, 0.3) is 6.08 Å². The number of carbonyl (C=O) groups excluding carboxylic acids is 1. The normalized spacial score (nSPS) is 17.5. The van der Waals surface area contributed by atoms with E-state index < -0.39 is 0 Å². The molecule has 2 aliphatic rings. The van der Waals surface area contributed by atoms with Crippen LogP contribution in [0, 0.1) is 0 Å². The maximum atomic E-state index is 13.2. The van der Waals surface area contributed by atoms with Crippen molar-refractivity contribution in [1.82, 2.24) is 9.80 Å². The van der Waals surface area contributed by atoms with E-state index in [-0.39, 0.29) is 5.91 Å². The minimum absolute atomic E-state index is 0.159. The zero-order valence-electron chi connectivity index (χ0n) is 17.1. The van der Waals surface area contributed by atoms with Crippen LogP contribution in [-0.4, -0.2) is 65.1 Å². The van der Waals surface area contributed by atoms with Crippen molar-refractivity contribution in [2.75, 3.05) is 45.0 Å². The van der Waals surface area contributed by atoms with Gasteiger partial charge in [0.15, 0.2) is 0 Å². The number of nitrogens with zero attached hydrogens (tertiary/aromatic N) is 3. The van der Waals surface area contributed by atoms with E-state index >= 15 is 0 Å². The Labute approximate surface area is 187 Å². The van der Waals surface area contributed by atoms with Gasteiger partial charge in [0, 0.05) is 49.8 Å². The lowest BCUT2D eigenvalue weighted by molar-refractivity contribution is 0.0649. The van der Waals surface area contributed by atoms with E-state index in [0.717, 1.165) is 66.3 Å². The van der Waals surface area contributed by atoms with E-state index in [4.69, 9.17) is 0 Å². The minimum Gasteiger partial charge on any atom is -0.336 e. The molecule has 4 rings (SSSR count). The molecule has 6 heteroatoms. The zero-order valence-corrected chi connectivity index (χ0v) is 18.7. The molecule has 1 amide bonds. The highest BCUT2D eigenvalue weighted by atomic mass is 32.2. The first-order valence-electron chi connectivity index (χ1n) is 10.4. The third-order valence-corrected chi connectivity index (χ3v) is 7.59. The summed E-state index contributed by atoms with van der Waals surface area (Å²) in [6, 6.07) is 18.4. The van der Waals surface area contributed by atoms with Gasteiger partial charge in [0.2, 0.25) is 0 Å². The second-order valence-corrected chi connectivity index (χ2v) is 9.65. The Morgan fingerprint density at radius 3 is 2.57 bits per heavy atom. The van der Waals surface area contributed by atoms with Crippen molar-refractivity contribution >= 4 is 39.9 Å². The predicted octanol–water partition coefficient (Wildman–Crippen LogP) is 4.49. The number of piperazine rings is 1. The summed E-state index contributed by atoms with van der Waals surface area (Å²) in [7, 11) is 0. The van der Waals surface area contributed by atoms with Gasteiger partial charge in [-0.05, 0) is 17.2 Å². The Kier molecular flexibility index (Phi) is 7.67. The van der Waals surface area contributed by atoms with Gasteiger partial charge in [-0.25, -0.2) is 0 Å². The summed E-state index contributed by atoms with van der Waals surface area (Å²) < 4.78 is 1.15. The molecule has 0 saturated carbocycles. The lowest BCUT2D eigenvalue weighted by Gasteiger charge is -2.34. The summed E-state index contributed by atoms with van der Waals surface area (Å²) >= 11 is 3.57. The molecule has 0 unspecified atom stereocenters. The third kappa shape index (κ3) is 5.78. The van der Waals surface area contributed by atoms with Gasteiger partial charge >= 0.3 is 0 Å². The Morgan fingerprint density at radius 1 is 1.03 bits per heavy atom. The SMILES string of the molecule is O=C(c1ccccc1CSC1=NCCS1)N1CCN(C/C=C/c2ccccc2)CC1. The van der Waals surface area contributed by atoms with Gasteiger partial charge in [-0.2, -0.15) is 0 Å². The highest BCUT2D eigenvalue weighted by Gasteiger charge is 2.23. The van der Waals surface area contributed by atoms with Gasteiger partial charge in [-0.3, -0.25) is 14.7 Å². The molecule has 0 radical (unpaired) electrons. The van der Waals surface area contributed by atoms with Crippen LogP contribution in [-0.2, 0) is 5.75 Å². The van der Waals surface area contributed by atoms with Crippen LogP contribution in [0.2, 0.25) is 0 Å². The molecular weight excluding hydrogens is 410 g/mol. The second-order valence-electron chi connectivity index (χ2n) is 7.35. The van der Waals surface area contributed by atoms with E-state index in [9.17, 15) is 4.79 Å². The van der Waals surface area contributed by atoms with Crippen LogP contribution >= 0.6 is 23.5 Å². The predicted molar refractivity (Wildman–Crippen MR) is 130 cm³/mol. The van der Waals surface area contributed by atoms with Crippen LogP contribution in [0.15, 0.2) is 65.7 Å². The summed E-state index contributed by atoms with van der Waals surface area (Å²) in [5.41, 5.74) is 3.17. The summed E-state index contributed by atoms with van der Waals surface area (Å²) in [5.74, 6) is 2.04. The van der Waals surface area contributed by atoms with Crippen molar-refractivity contribution < 1.29 is 4.79 Å². The summed E-state index contributed by atoms with van der Waals surface area (Å²) in [6.07, 6.45) is 4.38. The Morgan fingerprint density at radius 2 is 1.80 bits per heavy atom. The Hall–Kier alpha value is -2.02. The number of amides is 1. The molecule has 4 nitrogen and oxygen atoms in total. The number of thioether (sulfide) groups is 2. The number of aliphatic imine (C=N–C) groups is 1. The highest BCUT2D eigenvalue weighted by molar-refractivity contribution is 8.38. The second kappa shape index (κ2) is 10.8. The topological polar surface area (TPSA) is 35.9 Å². The van der Waals surface area contributed by atoms with Crippen molar-refractivity contribution in [2.24, 2.45) is 4.99 Å². The Bertz CT molecular complexity index is 906. The lowest BCUT2D eigenvalue weighted by atomic mass is 10.1. The molecule has 2 heterocycles. The van der Waals surface area contributed by atoms with Crippen LogP contribution in [0.4, 0.5) is 0 Å². The van der Waals surface area contributed by atoms with E-state index in [1.54, 1.807) is 11.8 Å². The molecule has 0 N–H and O–H groups in total. The molecule has 30 heavy (non-hydrogen) atoms. The smallest absolute Gasteiger partial charge is 0.254 e. The summed E-state index contributed by atoms with van der Waals surface area (Å²) in [6.45, 7) is 5.22. The fraction of sp³-hybridized carbons (Fsp3) is 0.333. The number of hydrogen-bond donors (Lipinski definition) is 0. The quantitative estimate of drug-likeness (QED) is 0.667. The van der Waals surface area contributed by atoms with Gasteiger partial charge in [-0.1, -0.05) is 84.2 Å². The van der Waals surface area contributed by atoms with Gasteiger partial charge in [0.1, 0.15) is 4.38 Å². The lowest BCUT2D eigenvalue weighted by Crippen LogP contribution is -2.48. The molecule has 0 aromatic heterocycles. The fourth-order valence-corrected chi connectivity index (χ4v) is 5.62.